The van der Waals surface area contributed by atoms with Gasteiger partial charge in [0.2, 0.25) is 11.8 Å². The van der Waals surface area contributed by atoms with Crippen LogP contribution < -0.4 is 10.2 Å². The molecule has 2 aromatic carbocycles. The van der Waals surface area contributed by atoms with Crippen molar-refractivity contribution >= 4 is 29.1 Å². The lowest BCUT2D eigenvalue weighted by molar-refractivity contribution is -0.132. The number of hydrogen-bond acceptors (Lipinski definition) is 2. The van der Waals surface area contributed by atoms with Gasteiger partial charge < -0.3 is 10.2 Å². The topological polar surface area (TPSA) is 49.4 Å². The molecular weight excluding hydrogens is 367 g/mol. The van der Waals surface area contributed by atoms with Gasteiger partial charge in [-0.2, -0.15) is 0 Å². The standard InChI is InChI=1S/C19H18ClFN2O2.C2H6/c1-12-7-17(19(25)23(12)16-5-3-2-4-6-16)18(24)22-11-13-8-14(20)10-15(21)9-13;1-2/h2-6,8-10,12,17H,7,11H2,1H3,(H,22,24);1-2H3. The van der Waals surface area contributed by atoms with E-state index >= 15 is 0 Å². The Hall–Kier alpha value is -2.40. The Labute approximate surface area is 164 Å². The molecule has 0 aliphatic carbocycles. The van der Waals surface area contributed by atoms with Gasteiger partial charge in [0, 0.05) is 23.3 Å². The summed E-state index contributed by atoms with van der Waals surface area (Å²) in [4.78, 5) is 26.8. The van der Waals surface area contributed by atoms with Crippen LogP contribution in [-0.2, 0) is 16.1 Å². The zero-order chi connectivity index (χ0) is 20.0. The number of hydrogen-bond donors (Lipinski definition) is 1. The van der Waals surface area contributed by atoms with E-state index in [4.69, 9.17) is 11.6 Å². The maximum absolute atomic E-state index is 13.3. The third-order valence-corrected chi connectivity index (χ3v) is 4.51. The first-order chi connectivity index (χ1) is 13.0. The lowest BCUT2D eigenvalue weighted by Crippen LogP contribution is -2.37. The molecule has 2 aromatic rings. The van der Waals surface area contributed by atoms with E-state index in [-0.39, 0.29) is 29.4 Å². The summed E-state index contributed by atoms with van der Waals surface area (Å²) in [6.45, 7) is 6.05. The second kappa shape index (κ2) is 9.51. The maximum atomic E-state index is 13.3. The maximum Gasteiger partial charge on any atom is 0.239 e. The number of carbonyl (C=O) groups is 2. The molecule has 6 heteroatoms. The molecular formula is C21H24ClFN2O2. The number of nitrogens with zero attached hydrogens (tertiary/aromatic N) is 1. The summed E-state index contributed by atoms with van der Waals surface area (Å²) in [6, 6.07) is 13.3. The van der Waals surface area contributed by atoms with Gasteiger partial charge in [-0.1, -0.05) is 43.6 Å². The number of nitrogens with one attached hydrogen (secondary N) is 1. The van der Waals surface area contributed by atoms with Crippen molar-refractivity contribution < 1.29 is 14.0 Å². The number of rotatable bonds is 4. The van der Waals surface area contributed by atoms with E-state index in [1.165, 1.54) is 12.1 Å². The van der Waals surface area contributed by atoms with Gasteiger partial charge in [0.25, 0.3) is 0 Å². The number of carbonyl (C=O) groups excluding carboxylic acids is 2. The molecule has 2 unspecified atom stereocenters. The van der Waals surface area contributed by atoms with Crippen LogP contribution in [-0.4, -0.2) is 17.9 Å². The summed E-state index contributed by atoms with van der Waals surface area (Å²) in [6.07, 6.45) is 0.448. The SMILES string of the molecule is CC.CC1CC(C(=O)NCc2cc(F)cc(Cl)c2)C(=O)N1c1ccccc1. The molecule has 27 heavy (non-hydrogen) atoms. The van der Waals surface area contributed by atoms with Gasteiger partial charge in [-0.05, 0) is 49.2 Å². The van der Waals surface area contributed by atoms with Gasteiger partial charge >= 0.3 is 0 Å². The molecule has 1 aliphatic heterocycles. The molecule has 1 heterocycles. The van der Waals surface area contributed by atoms with E-state index in [9.17, 15) is 14.0 Å². The summed E-state index contributed by atoms with van der Waals surface area (Å²) in [5, 5.41) is 2.98. The zero-order valence-electron chi connectivity index (χ0n) is 15.7. The molecule has 3 rings (SSSR count). The largest absolute Gasteiger partial charge is 0.351 e. The molecule has 0 aromatic heterocycles. The Balaban J connectivity index is 0.00000126. The first kappa shape index (κ1) is 20.9. The average molecular weight is 391 g/mol. The van der Waals surface area contributed by atoms with Gasteiger partial charge in [0.15, 0.2) is 0 Å². The normalized spacial score (nSPS) is 18.7. The Morgan fingerprint density at radius 3 is 2.52 bits per heavy atom. The van der Waals surface area contributed by atoms with Crippen LogP contribution in [0.2, 0.25) is 5.02 Å². The highest BCUT2D eigenvalue weighted by atomic mass is 35.5. The number of para-hydroxylation sites is 1. The fraction of sp³-hybridized carbons (Fsp3) is 0.333. The van der Waals surface area contributed by atoms with Crippen LogP contribution in [0.3, 0.4) is 0 Å². The predicted octanol–water partition coefficient (Wildman–Crippen LogP) is 4.56. The van der Waals surface area contributed by atoms with E-state index in [0.29, 0.717) is 12.0 Å². The van der Waals surface area contributed by atoms with E-state index in [2.05, 4.69) is 5.32 Å². The predicted molar refractivity (Wildman–Crippen MR) is 106 cm³/mol. The smallest absolute Gasteiger partial charge is 0.239 e. The van der Waals surface area contributed by atoms with Crippen LogP contribution in [0.4, 0.5) is 10.1 Å². The molecule has 144 valence electrons. The minimum absolute atomic E-state index is 0.0609. The lowest BCUT2D eigenvalue weighted by Gasteiger charge is -2.21. The van der Waals surface area contributed by atoms with Gasteiger partial charge in [-0.3, -0.25) is 9.59 Å². The van der Waals surface area contributed by atoms with Crippen molar-refractivity contribution in [3.8, 4) is 0 Å². The first-order valence-electron chi connectivity index (χ1n) is 9.06. The van der Waals surface area contributed by atoms with Crippen LogP contribution >= 0.6 is 11.6 Å². The van der Waals surface area contributed by atoms with E-state index in [1.54, 1.807) is 11.0 Å². The van der Waals surface area contributed by atoms with Crippen molar-refractivity contribution in [2.24, 2.45) is 5.92 Å². The Morgan fingerprint density at radius 2 is 1.89 bits per heavy atom. The minimum atomic E-state index is -0.737. The molecule has 2 amide bonds. The molecule has 0 saturated carbocycles. The fourth-order valence-corrected chi connectivity index (χ4v) is 3.39. The molecule has 1 N–H and O–H groups in total. The third-order valence-electron chi connectivity index (χ3n) is 4.29. The summed E-state index contributed by atoms with van der Waals surface area (Å²) in [7, 11) is 0. The van der Waals surface area contributed by atoms with Gasteiger partial charge in [0.1, 0.15) is 11.7 Å². The number of amides is 2. The third kappa shape index (κ3) is 5.07. The quantitative estimate of drug-likeness (QED) is 0.778. The molecule has 1 aliphatic rings. The highest BCUT2D eigenvalue weighted by Crippen LogP contribution is 2.30. The summed E-state index contributed by atoms with van der Waals surface area (Å²) < 4.78 is 13.3. The second-order valence-electron chi connectivity index (χ2n) is 6.18. The number of halogens is 2. The highest BCUT2D eigenvalue weighted by Gasteiger charge is 2.41. The number of benzene rings is 2. The lowest BCUT2D eigenvalue weighted by atomic mass is 10.0. The average Bonchev–Trinajstić information content (AvgIpc) is 2.96. The van der Waals surface area contributed by atoms with Crippen molar-refractivity contribution in [1.29, 1.82) is 0 Å². The second-order valence-corrected chi connectivity index (χ2v) is 6.61. The first-order valence-corrected chi connectivity index (χ1v) is 9.44. The van der Waals surface area contributed by atoms with Crippen molar-refractivity contribution in [3.63, 3.8) is 0 Å². The summed E-state index contributed by atoms with van der Waals surface area (Å²) >= 11 is 5.81. The van der Waals surface area contributed by atoms with E-state index < -0.39 is 11.7 Å². The van der Waals surface area contributed by atoms with Gasteiger partial charge in [0.05, 0.1) is 0 Å². The van der Waals surface area contributed by atoms with E-state index in [0.717, 1.165) is 5.69 Å². The highest BCUT2D eigenvalue weighted by molar-refractivity contribution is 6.30. The number of anilines is 1. The molecule has 4 nitrogen and oxygen atoms in total. The molecule has 0 radical (unpaired) electrons. The van der Waals surface area contributed by atoms with Crippen molar-refractivity contribution in [2.45, 2.75) is 39.8 Å². The Morgan fingerprint density at radius 1 is 1.22 bits per heavy atom. The Kier molecular flexibility index (Phi) is 7.36. The van der Waals surface area contributed by atoms with Crippen LogP contribution in [0, 0.1) is 11.7 Å². The zero-order valence-corrected chi connectivity index (χ0v) is 16.5. The Bertz CT molecular complexity index is 778. The van der Waals surface area contributed by atoms with Gasteiger partial charge in [-0.25, -0.2) is 4.39 Å². The molecule has 0 bridgehead atoms. The molecule has 0 spiro atoms. The molecule has 2 atom stereocenters. The minimum Gasteiger partial charge on any atom is -0.351 e. The van der Waals surface area contributed by atoms with Crippen LogP contribution in [0.1, 0.15) is 32.8 Å². The van der Waals surface area contributed by atoms with Crippen LogP contribution in [0.25, 0.3) is 0 Å². The monoisotopic (exact) mass is 390 g/mol. The fourth-order valence-electron chi connectivity index (χ4n) is 3.15. The van der Waals surface area contributed by atoms with Crippen LogP contribution in [0.5, 0.6) is 0 Å². The summed E-state index contributed by atoms with van der Waals surface area (Å²) in [5.74, 6) is -1.76. The van der Waals surface area contributed by atoms with Gasteiger partial charge in [-0.15, -0.1) is 0 Å². The van der Waals surface area contributed by atoms with Crippen molar-refractivity contribution in [3.05, 3.63) is 64.9 Å². The molecule has 1 fully saturated rings. The van der Waals surface area contributed by atoms with Crippen molar-refractivity contribution in [1.82, 2.24) is 5.32 Å². The van der Waals surface area contributed by atoms with Crippen molar-refractivity contribution in [2.75, 3.05) is 4.90 Å². The van der Waals surface area contributed by atoms with E-state index in [1.807, 2.05) is 51.1 Å². The van der Waals surface area contributed by atoms with Crippen LogP contribution in [0.15, 0.2) is 48.5 Å². The molecule has 1 saturated heterocycles. The summed E-state index contributed by atoms with van der Waals surface area (Å²) in [5.41, 5.74) is 1.34.